The summed E-state index contributed by atoms with van der Waals surface area (Å²) in [6.07, 6.45) is 1.86. The van der Waals surface area contributed by atoms with E-state index in [-0.39, 0.29) is 5.03 Å². The van der Waals surface area contributed by atoms with Crippen LogP contribution in [0.4, 0.5) is 0 Å². The summed E-state index contributed by atoms with van der Waals surface area (Å²) in [6, 6.07) is 7.17. The first-order chi connectivity index (χ1) is 11.4. The van der Waals surface area contributed by atoms with E-state index in [1.54, 1.807) is 29.7 Å². The van der Waals surface area contributed by atoms with Gasteiger partial charge in [0.2, 0.25) is 5.91 Å². The Morgan fingerprint density at radius 3 is 2.88 bits per heavy atom. The third-order valence-corrected chi connectivity index (χ3v) is 5.30. The highest BCUT2D eigenvalue weighted by Crippen LogP contribution is 2.33. The minimum Gasteiger partial charge on any atom is -0.493 e. The minimum atomic E-state index is -4.00. The van der Waals surface area contributed by atoms with Crippen molar-refractivity contribution in [3.63, 3.8) is 0 Å². The Morgan fingerprint density at radius 1 is 1.42 bits per heavy atom. The molecule has 1 aliphatic rings. The maximum atomic E-state index is 12.5. The Labute approximate surface area is 140 Å². The number of nitrogens with one attached hydrogen (secondary N) is 1. The van der Waals surface area contributed by atoms with E-state index in [1.165, 1.54) is 6.20 Å². The fourth-order valence-electron chi connectivity index (χ4n) is 2.80. The quantitative estimate of drug-likeness (QED) is 0.905. The summed E-state index contributed by atoms with van der Waals surface area (Å²) in [5, 5.41) is -0.143. The molecule has 1 amide bonds. The Morgan fingerprint density at radius 2 is 2.17 bits per heavy atom. The van der Waals surface area contributed by atoms with Crippen LogP contribution in [0.1, 0.15) is 30.7 Å². The highest BCUT2D eigenvalue weighted by atomic mass is 32.2. The zero-order valence-electron chi connectivity index (χ0n) is 13.5. The molecule has 1 N–H and O–H groups in total. The van der Waals surface area contributed by atoms with Gasteiger partial charge in [0.1, 0.15) is 11.6 Å². The molecule has 2 aromatic rings. The van der Waals surface area contributed by atoms with Gasteiger partial charge >= 0.3 is 0 Å². The molecule has 24 heavy (non-hydrogen) atoms. The van der Waals surface area contributed by atoms with Crippen LogP contribution in [0.15, 0.2) is 35.5 Å². The number of hydrogen-bond acceptors (Lipinski definition) is 5. The molecule has 7 nitrogen and oxygen atoms in total. The summed E-state index contributed by atoms with van der Waals surface area (Å²) in [5.74, 6) is 0.0858. The van der Waals surface area contributed by atoms with E-state index in [1.807, 2.05) is 13.0 Å². The number of imidazole rings is 1. The lowest BCUT2D eigenvalue weighted by atomic mass is 9.93. The van der Waals surface area contributed by atoms with Crippen molar-refractivity contribution in [2.75, 3.05) is 6.61 Å². The molecule has 1 aromatic carbocycles. The standard InChI is InChI=1S/C16H19N3O4S/c1-3-19-10-15(17-11(19)2)24(21,22)18-16(20)13-8-9-23-14-7-5-4-6-12(13)14/h4-7,10,13H,3,8-9H2,1-2H3,(H,18,20)/t13-/m1/s1. The summed E-state index contributed by atoms with van der Waals surface area (Å²) >= 11 is 0. The lowest BCUT2D eigenvalue weighted by molar-refractivity contribution is -0.121. The lowest BCUT2D eigenvalue weighted by Gasteiger charge is -2.24. The molecule has 8 heteroatoms. The number of amides is 1. The third-order valence-electron chi connectivity index (χ3n) is 4.08. The summed E-state index contributed by atoms with van der Waals surface area (Å²) in [6.45, 7) is 4.59. The van der Waals surface area contributed by atoms with Gasteiger partial charge in [-0.1, -0.05) is 18.2 Å². The summed E-state index contributed by atoms with van der Waals surface area (Å²) < 4.78 is 34.2. The molecule has 128 valence electrons. The van der Waals surface area contributed by atoms with Crippen LogP contribution < -0.4 is 9.46 Å². The molecule has 2 heterocycles. The number of benzene rings is 1. The molecule has 3 rings (SSSR count). The molecule has 0 saturated carbocycles. The van der Waals surface area contributed by atoms with Gasteiger partial charge in [0, 0.05) is 18.3 Å². The summed E-state index contributed by atoms with van der Waals surface area (Å²) in [5.41, 5.74) is 0.701. The van der Waals surface area contributed by atoms with Crippen molar-refractivity contribution in [1.82, 2.24) is 14.3 Å². The van der Waals surface area contributed by atoms with Crippen LogP contribution in [0, 0.1) is 6.92 Å². The molecule has 0 bridgehead atoms. The smallest absolute Gasteiger partial charge is 0.283 e. The molecule has 0 unspecified atom stereocenters. The molecule has 0 saturated heterocycles. The van der Waals surface area contributed by atoms with Crippen LogP contribution in [-0.4, -0.2) is 30.5 Å². The Hall–Kier alpha value is -2.35. The predicted octanol–water partition coefficient (Wildman–Crippen LogP) is 1.58. The van der Waals surface area contributed by atoms with E-state index in [4.69, 9.17) is 4.74 Å². The van der Waals surface area contributed by atoms with Gasteiger partial charge < -0.3 is 9.30 Å². The monoisotopic (exact) mass is 349 g/mol. The zero-order chi connectivity index (χ0) is 17.3. The zero-order valence-corrected chi connectivity index (χ0v) is 14.3. The van der Waals surface area contributed by atoms with Crippen molar-refractivity contribution in [2.45, 2.75) is 37.8 Å². The first-order valence-corrected chi connectivity index (χ1v) is 9.23. The molecule has 0 radical (unpaired) electrons. The number of sulfonamides is 1. The number of hydrogen-bond donors (Lipinski definition) is 1. The van der Waals surface area contributed by atoms with Gasteiger partial charge in [-0.2, -0.15) is 8.42 Å². The van der Waals surface area contributed by atoms with Gasteiger partial charge in [-0.15, -0.1) is 0 Å². The van der Waals surface area contributed by atoms with E-state index in [0.717, 1.165) is 0 Å². The molecule has 1 aromatic heterocycles. The van der Waals surface area contributed by atoms with Crippen LogP contribution in [0.2, 0.25) is 0 Å². The number of para-hydroxylation sites is 1. The Bertz CT molecular complexity index is 873. The number of aryl methyl sites for hydroxylation is 2. The third kappa shape index (κ3) is 3.01. The van der Waals surface area contributed by atoms with Gasteiger partial charge in [0.05, 0.1) is 12.5 Å². The van der Waals surface area contributed by atoms with Gasteiger partial charge in [0.15, 0.2) is 5.03 Å². The molecule has 0 aliphatic carbocycles. The molecule has 0 spiro atoms. The highest BCUT2D eigenvalue weighted by molar-refractivity contribution is 7.90. The fourth-order valence-corrected chi connectivity index (χ4v) is 3.83. The lowest BCUT2D eigenvalue weighted by Crippen LogP contribution is -2.36. The van der Waals surface area contributed by atoms with Crippen LogP contribution in [0.5, 0.6) is 5.75 Å². The Balaban J connectivity index is 1.84. The van der Waals surface area contributed by atoms with E-state index in [2.05, 4.69) is 9.71 Å². The van der Waals surface area contributed by atoms with Crippen molar-refractivity contribution in [3.8, 4) is 5.75 Å². The molecular weight excluding hydrogens is 330 g/mol. The molecule has 1 atom stereocenters. The van der Waals surface area contributed by atoms with Gasteiger partial charge in [-0.3, -0.25) is 4.79 Å². The van der Waals surface area contributed by atoms with Gasteiger partial charge in [-0.05, 0) is 26.3 Å². The van der Waals surface area contributed by atoms with Crippen molar-refractivity contribution < 1.29 is 17.9 Å². The predicted molar refractivity (Wildman–Crippen MR) is 87.3 cm³/mol. The van der Waals surface area contributed by atoms with Crippen LogP contribution in [0.3, 0.4) is 0 Å². The van der Waals surface area contributed by atoms with E-state index >= 15 is 0 Å². The van der Waals surface area contributed by atoms with Crippen molar-refractivity contribution >= 4 is 15.9 Å². The maximum Gasteiger partial charge on any atom is 0.283 e. The average Bonchev–Trinajstić information content (AvgIpc) is 2.95. The second-order valence-electron chi connectivity index (χ2n) is 5.61. The number of rotatable bonds is 4. The van der Waals surface area contributed by atoms with Crippen LogP contribution >= 0.6 is 0 Å². The molecule has 1 aliphatic heterocycles. The second kappa shape index (κ2) is 6.27. The number of carbonyl (C=O) groups is 1. The van der Waals surface area contributed by atoms with Gasteiger partial charge in [-0.25, -0.2) is 9.71 Å². The average molecular weight is 349 g/mol. The summed E-state index contributed by atoms with van der Waals surface area (Å²) in [7, 11) is -4.00. The number of carbonyl (C=O) groups excluding carboxylic acids is 1. The van der Waals surface area contributed by atoms with Crippen molar-refractivity contribution in [1.29, 1.82) is 0 Å². The van der Waals surface area contributed by atoms with Crippen molar-refractivity contribution in [3.05, 3.63) is 41.9 Å². The van der Waals surface area contributed by atoms with Crippen LogP contribution in [0.25, 0.3) is 0 Å². The number of fused-ring (bicyclic) bond motifs is 1. The van der Waals surface area contributed by atoms with Crippen LogP contribution in [-0.2, 0) is 21.4 Å². The number of nitrogens with zero attached hydrogens (tertiary/aromatic N) is 2. The van der Waals surface area contributed by atoms with E-state index in [0.29, 0.717) is 36.7 Å². The SMILES string of the molecule is CCn1cc(S(=O)(=O)NC(=O)[C@@H]2CCOc3ccccc32)nc1C. The normalized spacial score (nSPS) is 17.0. The van der Waals surface area contributed by atoms with E-state index < -0.39 is 21.8 Å². The fraction of sp³-hybridized carbons (Fsp3) is 0.375. The topological polar surface area (TPSA) is 90.3 Å². The maximum absolute atomic E-state index is 12.5. The Kier molecular flexibility index (Phi) is 4.31. The number of aromatic nitrogens is 2. The van der Waals surface area contributed by atoms with E-state index in [9.17, 15) is 13.2 Å². The van der Waals surface area contributed by atoms with Crippen molar-refractivity contribution in [2.24, 2.45) is 0 Å². The minimum absolute atomic E-state index is 0.143. The first kappa shape index (κ1) is 16.5. The largest absolute Gasteiger partial charge is 0.493 e. The molecular formula is C16H19N3O4S. The summed E-state index contributed by atoms with van der Waals surface area (Å²) in [4.78, 5) is 16.6. The first-order valence-electron chi connectivity index (χ1n) is 7.74. The van der Waals surface area contributed by atoms with Gasteiger partial charge in [0.25, 0.3) is 10.0 Å². The highest BCUT2D eigenvalue weighted by Gasteiger charge is 2.31. The second-order valence-corrected chi connectivity index (χ2v) is 7.24. The number of ether oxygens (including phenoxy) is 1. The molecule has 0 fully saturated rings.